The van der Waals surface area contributed by atoms with Gasteiger partial charge in [-0.2, -0.15) is 0 Å². The summed E-state index contributed by atoms with van der Waals surface area (Å²) in [7, 11) is 1.57. The second-order valence-corrected chi connectivity index (χ2v) is 9.11. The molecule has 0 bridgehead atoms. The molecule has 37 heavy (non-hydrogen) atoms. The molecule has 0 spiro atoms. The maximum atomic E-state index is 13.4. The van der Waals surface area contributed by atoms with Crippen LogP contribution in [-0.4, -0.2) is 18.9 Å². The number of benzene rings is 4. The normalized spacial score (nSPS) is 11.1. The van der Waals surface area contributed by atoms with Gasteiger partial charge in [-0.25, -0.2) is 4.79 Å². The largest absolute Gasteiger partial charge is 0.497 e. The van der Waals surface area contributed by atoms with E-state index >= 15 is 0 Å². The summed E-state index contributed by atoms with van der Waals surface area (Å²) in [5.41, 5.74) is 3.05. The number of hydrogen-bond acceptors (Lipinski definition) is 5. The molecule has 1 aromatic heterocycles. The van der Waals surface area contributed by atoms with Crippen LogP contribution in [0.4, 0.5) is 0 Å². The molecule has 0 amide bonds. The Morgan fingerprint density at radius 1 is 0.838 bits per heavy atom. The second-order valence-electron chi connectivity index (χ2n) is 8.20. The predicted molar refractivity (Wildman–Crippen MR) is 147 cm³/mol. The number of rotatable bonds is 7. The summed E-state index contributed by atoms with van der Waals surface area (Å²) in [4.78, 5) is 25.8. The molecule has 0 saturated carbocycles. The minimum absolute atomic E-state index is 0.0984. The van der Waals surface area contributed by atoms with Crippen LogP contribution >= 0.6 is 15.9 Å². The van der Waals surface area contributed by atoms with Gasteiger partial charge >= 0.3 is 5.97 Å². The molecule has 0 atom stereocenters. The van der Waals surface area contributed by atoms with Gasteiger partial charge in [0, 0.05) is 21.0 Å². The van der Waals surface area contributed by atoms with E-state index in [1.807, 2.05) is 42.5 Å². The van der Waals surface area contributed by atoms with Crippen molar-refractivity contribution >= 4 is 44.7 Å². The zero-order valence-corrected chi connectivity index (χ0v) is 21.4. The molecule has 0 aliphatic carbocycles. The molecule has 5 rings (SSSR count). The van der Waals surface area contributed by atoms with Crippen LogP contribution in [0.2, 0.25) is 0 Å². The number of ether oxygens (including phenoxy) is 2. The SMILES string of the molecule is COc1ccc2oc(-c3ccccc3)c(C(=O)Oc3ccc(C=CC(=O)c4ccc(Br)cc4)cc3)c2c1. The average Bonchev–Trinajstić information content (AvgIpc) is 3.32. The fraction of sp³-hybridized carbons (Fsp3) is 0.0323. The first-order valence-electron chi connectivity index (χ1n) is 11.5. The summed E-state index contributed by atoms with van der Waals surface area (Å²) in [5.74, 6) is 0.770. The Labute approximate surface area is 222 Å². The van der Waals surface area contributed by atoms with Gasteiger partial charge in [0.2, 0.25) is 0 Å². The highest BCUT2D eigenvalue weighted by Gasteiger charge is 2.24. The number of ketones is 1. The van der Waals surface area contributed by atoms with Gasteiger partial charge in [-0.1, -0.05) is 64.5 Å². The van der Waals surface area contributed by atoms with Gasteiger partial charge < -0.3 is 13.9 Å². The quantitative estimate of drug-likeness (QED) is 0.0885. The Hall–Kier alpha value is -4.42. The van der Waals surface area contributed by atoms with Crippen molar-refractivity contribution in [2.24, 2.45) is 0 Å². The van der Waals surface area contributed by atoms with Crippen LogP contribution in [0.15, 0.2) is 112 Å². The number of hydrogen-bond donors (Lipinski definition) is 0. The summed E-state index contributed by atoms with van der Waals surface area (Å²) >= 11 is 3.36. The third-order valence-corrected chi connectivity index (χ3v) is 6.31. The molecule has 0 fully saturated rings. The summed E-state index contributed by atoms with van der Waals surface area (Å²) in [5, 5.41) is 0.606. The van der Waals surface area contributed by atoms with Crippen LogP contribution in [0.1, 0.15) is 26.3 Å². The zero-order chi connectivity index (χ0) is 25.8. The highest BCUT2D eigenvalue weighted by Crippen LogP contribution is 2.36. The van der Waals surface area contributed by atoms with E-state index in [1.54, 1.807) is 67.8 Å². The van der Waals surface area contributed by atoms with Gasteiger partial charge in [0.15, 0.2) is 5.78 Å². The van der Waals surface area contributed by atoms with E-state index in [9.17, 15) is 9.59 Å². The Bertz CT molecular complexity index is 1600. The van der Waals surface area contributed by atoms with E-state index in [2.05, 4.69) is 15.9 Å². The monoisotopic (exact) mass is 552 g/mol. The van der Waals surface area contributed by atoms with Crippen molar-refractivity contribution in [1.29, 1.82) is 0 Å². The van der Waals surface area contributed by atoms with Crippen LogP contribution in [0, 0.1) is 0 Å². The first-order valence-corrected chi connectivity index (χ1v) is 12.3. The molecule has 0 saturated heterocycles. The van der Waals surface area contributed by atoms with Crippen LogP contribution in [-0.2, 0) is 0 Å². The lowest BCUT2D eigenvalue weighted by Gasteiger charge is -2.06. The van der Waals surface area contributed by atoms with E-state index in [-0.39, 0.29) is 5.78 Å². The van der Waals surface area contributed by atoms with E-state index in [0.29, 0.717) is 39.4 Å². The van der Waals surface area contributed by atoms with Gasteiger partial charge in [0.1, 0.15) is 28.4 Å². The third-order valence-electron chi connectivity index (χ3n) is 5.78. The molecule has 4 aromatic carbocycles. The van der Waals surface area contributed by atoms with Crippen LogP contribution in [0.3, 0.4) is 0 Å². The topological polar surface area (TPSA) is 65.7 Å². The highest BCUT2D eigenvalue weighted by molar-refractivity contribution is 9.10. The van der Waals surface area contributed by atoms with Crippen LogP contribution in [0.25, 0.3) is 28.4 Å². The smallest absolute Gasteiger partial charge is 0.348 e. The lowest BCUT2D eigenvalue weighted by molar-refractivity contribution is 0.0736. The van der Waals surface area contributed by atoms with E-state index in [0.717, 1.165) is 15.6 Å². The maximum absolute atomic E-state index is 13.4. The molecule has 0 N–H and O–H groups in total. The molecule has 182 valence electrons. The first kappa shape index (κ1) is 24.3. The van der Waals surface area contributed by atoms with Crippen molar-refractivity contribution in [2.75, 3.05) is 7.11 Å². The van der Waals surface area contributed by atoms with E-state index in [4.69, 9.17) is 13.9 Å². The zero-order valence-electron chi connectivity index (χ0n) is 19.8. The van der Waals surface area contributed by atoms with Gasteiger partial charge in [-0.05, 0) is 66.2 Å². The van der Waals surface area contributed by atoms with Gasteiger partial charge in [-0.3, -0.25) is 4.79 Å². The minimum Gasteiger partial charge on any atom is -0.497 e. The van der Waals surface area contributed by atoms with Crippen molar-refractivity contribution in [2.45, 2.75) is 0 Å². The van der Waals surface area contributed by atoms with Crippen molar-refractivity contribution in [3.63, 3.8) is 0 Å². The van der Waals surface area contributed by atoms with E-state index < -0.39 is 5.97 Å². The minimum atomic E-state index is -0.542. The summed E-state index contributed by atoms with van der Waals surface area (Å²) < 4.78 is 18.1. The van der Waals surface area contributed by atoms with Crippen LogP contribution < -0.4 is 9.47 Å². The van der Waals surface area contributed by atoms with Crippen molar-refractivity contribution in [3.8, 4) is 22.8 Å². The van der Waals surface area contributed by atoms with Crippen molar-refractivity contribution < 1.29 is 23.5 Å². The molecule has 5 nitrogen and oxygen atoms in total. The number of methoxy groups -OCH3 is 1. The first-order chi connectivity index (χ1) is 18.0. The Balaban J connectivity index is 1.39. The lowest BCUT2D eigenvalue weighted by Crippen LogP contribution is -2.09. The number of carbonyl (C=O) groups is 2. The molecule has 5 aromatic rings. The summed E-state index contributed by atoms with van der Waals surface area (Å²) in [6, 6.07) is 28.8. The highest BCUT2D eigenvalue weighted by atomic mass is 79.9. The predicted octanol–water partition coefficient (Wildman–Crippen LogP) is 7.99. The lowest BCUT2D eigenvalue weighted by atomic mass is 10.1. The number of halogens is 1. The fourth-order valence-corrected chi connectivity index (χ4v) is 4.15. The standard InChI is InChI=1S/C31H21BrO5/c1-35-25-16-18-28-26(19-25)29(30(37-28)22-5-3-2-4-6-22)31(34)36-24-14-7-20(8-15-24)9-17-27(33)21-10-12-23(32)13-11-21/h2-19H,1H3. The number of esters is 1. The Kier molecular flexibility index (Phi) is 7.01. The molecule has 0 aliphatic rings. The average molecular weight is 553 g/mol. The van der Waals surface area contributed by atoms with Crippen LogP contribution in [0.5, 0.6) is 11.5 Å². The fourth-order valence-electron chi connectivity index (χ4n) is 3.89. The molecule has 0 aliphatic heterocycles. The molecule has 1 heterocycles. The van der Waals surface area contributed by atoms with Gasteiger partial charge in [0.05, 0.1) is 7.11 Å². The van der Waals surface area contributed by atoms with Gasteiger partial charge in [0.25, 0.3) is 0 Å². The number of carbonyl (C=O) groups excluding carboxylic acids is 2. The maximum Gasteiger partial charge on any atom is 0.348 e. The molecular formula is C31H21BrO5. The number of furan rings is 1. The Morgan fingerprint density at radius 3 is 2.24 bits per heavy atom. The molecule has 0 radical (unpaired) electrons. The number of fused-ring (bicyclic) bond motifs is 1. The van der Waals surface area contributed by atoms with Crippen molar-refractivity contribution in [1.82, 2.24) is 0 Å². The number of allylic oxidation sites excluding steroid dienone is 1. The Morgan fingerprint density at radius 2 is 1.54 bits per heavy atom. The molecular weight excluding hydrogens is 532 g/mol. The molecule has 6 heteroatoms. The summed E-state index contributed by atoms with van der Waals surface area (Å²) in [6.07, 6.45) is 3.24. The molecule has 0 unspecified atom stereocenters. The van der Waals surface area contributed by atoms with Crippen molar-refractivity contribution in [3.05, 3.63) is 124 Å². The van der Waals surface area contributed by atoms with Gasteiger partial charge in [-0.15, -0.1) is 0 Å². The van der Waals surface area contributed by atoms with E-state index in [1.165, 1.54) is 6.08 Å². The third kappa shape index (κ3) is 5.39. The summed E-state index contributed by atoms with van der Waals surface area (Å²) in [6.45, 7) is 0. The second kappa shape index (κ2) is 10.7.